The lowest BCUT2D eigenvalue weighted by Gasteiger charge is -2.39. The van der Waals surface area contributed by atoms with Crippen LogP contribution in [0.2, 0.25) is 0 Å². The number of hydrogen-bond donors (Lipinski definition) is 2. The number of nitrogen functional groups attached to an aromatic ring is 1. The predicted molar refractivity (Wildman–Crippen MR) is 164 cm³/mol. The Balaban J connectivity index is 1.24. The molecule has 1 fully saturated rings. The van der Waals surface area contributed by atoms with Gasteiger partial charge in [0, 0.05) is 56.6 Å². The third-order valence-electron chi connectivity index (χ3n) is 8.53. The number of benzene rings is 1. The Hall–Kier alpha value is -4.87. The van der Waals surface area contributed by atoms with Crippen LogP contribution in [0.3, 0.4) is 0 Å². The molecule has 0 bridgehead atoms. The van der Waals surface area contributed by atoms with Gasteiger partial charge in [-0.05, 0) is 78.9 Å². The Morgan fingerprint density at radius 1 is 1.14 bits per heavy atom. The molecule has 0 saturated carbocycles. The summed E-state index contributed by atoms with van der Waals surface area (Å²) in [5.41, 5.74) is 12.1. The number of nitrogens with one attached hydrogen (secondary N) is 1. The van der Waals surface area contributed by atoms with Crippen molar-refractivity contribution in [3.8, 4) is 22.9 Å². The minimum Gasteiger partial charge on any atom is -0.383 e. The van der Waals surface area contributed by atoms with E-state index >= 15 is 0 Å². The molecule has 11 heteroatoms. The fourth-order valence-corrected chi connectivity index (χ4v) is 6.36. The van der Waals surface area contributed by atoms with Crippen molar-refractivity contribution in [1.82, 2.24) is 39.5 Å². The third kappa shape index (κ3) is 4.86. The molecular formula is C32H33N9O2. The van der Waals surface area contributed by atoms with Gasteiger partial charge in [-0.1, -0.05) is 12.6 Å². The van der Waals surface area contributed by atoms with Crippen LogP contribution in [-0.4, -0.2) is 72.5 Å². The fourth-order valence-electron chi connectivity index (χ4n) is 6.36. The summed E-state index contributed by atoms with van der Waals surface area (Å²) < 4.78 is 9.60. The number of carbonyl (C=O) groups excluding carboxylic acids is 1. The Morgan fingerprint density at radius 3 is 2.84 bits per heavy atom. The molecule has 7 rings (SSSR count). The first-order valence-corrected chi connectivity index (χ1v) is 14.5. The molecule has 3 atom stereocenters. The molecule has 5 heterocycles. The Bertz CT molecular complexity index is 1810. The number of aromatic nitrogens is 6. The van der Waals surface area contributed by atoms with Crippen molar-refractivity contribution >= 4 is 22.9 Å². The maximum absolute atomic E-state index is 12.2. The van der Waals surface area contributed by atoms with Crippen LogP contribution in [0.4, 0.5) is 5.82 Å². The van der Waals surface area contributed by atoms with E-state index < -0.39 is 0 Å². The summed E-state index contributed by atoms with van der Waals surface area (Å²) in [5.74, 6) is 1.74. The molecule has 218 valence electrons. The normalized spacial score (nSPS) is 19.9. The molecule has 3 N–H and O–H groups in total. The number of pyridine rings is 2. The number of hydrogen-bond acceptors (Lipinski definition) is 8. The van der Waals surface area contributed by atoms with Crippen molar-refractivity contribution in [2.75, 3.05) is 25.9 Å². The SMILES string of the molecule is C=CC(=O)N1CCC(N[C@H]2CCc3cc(-n4c(-c5cccnc5N)nc5ccc(-n6cccn6)nc54)ccc32)C(OC)C1. The fraction of sp³-hybridized carbons (Fsp3) is 0.281. The lowest BCUT2D eigenvalue weighted by Crippen LogP contribution is -2.55. The highest BCUT2D eigenvalue weighted by molar-refractivity contribution is 5.87. The maximum atomic E-state index is 12.2. The molecule has 5 aromatic rings. The van der Waals surface area contributed by atoms with E-state index in [0.29, 0.717) is 36.2 Å². The molecule has 1 amide bonds. The summed E-state index contributed by atoms with van der Waals surface area (Å²) in [6.07, 6.45) is 9.31. The number of aryl methyl sites for hydroxylation is 1. The number of ether oxygens (including phenoxy) is 1. The van der Waals surface area contributed by atoms with Crippen molar-refractivity contribution in [2.45, 2.75) is 37.5 Å². The quantitative estimate of drug-likeness (QED) is 0.282. The van der Waals surface area contributed by atoms with E-state index in [2.05, 4.69) is 44.7 Å². The van der Waals surface area contributed by atoms with E-state index in [1.54, 1.807) is 24.2 Å². The van der Waals surface area contributed by atoms with Gasteiger partial charge >= 0.3 is 0 Å². The number of rotatable bonds is 7. The highest BCUT2D eigenvalue weighted by Crippen LogP contribution is 2.36. The second kappa shape index (κ2) is 11.1. The van der Waals surface area contributed by atoms with Gasteiger partial charge in [-0.15, -0.1) is 0 Å². The summed E-state index contributed by atoms with van der Waals surface area (Å²) in [5, 5.41) is 8.21. The molecule has 1 aliphatic carbocycles. The molecule has 1 aliphatic heterocycles. The third-order valence-corrected chi connectivity index (χ3v) is 8.53. The van der Waals surface area contributed by atoms with E-state index in [1.807, 2.05) is 41.4 Å². The first-order chi connectivity index (χ1) is 21.0. The summed E-state index contributed by atoms with van der Waals surface area (Å²) in [6, 6.07) is 16.4. The Kier molecular flexibility index (Phi) is 6.96. The summed E-state index contributed by atoms with van der Waals surface area (Å²) >= 11 is 0. The predicted octanol–water partition coefficient (Wildman–Crippen LogP) is 3.63. The smallest absolute Gasteiger partial charge is 0.246 e. The van der Waals surface area contributed by atoms with Gasteiger partial charge in [-0.3, -0.25) is 9.36 Å². The summed E-state index contributed by atoms with van der Waals surface area (Å²) in [4.78, 5) is 28.2. The average molecular weight is 576 g/mol. The molecule has 4 aromatic heterocycles. The molecule has 2 unspecified atom stereocenters. The van der Waals surface area contributed by atoms with Crippen LogP contribution in [0, 0.1) is 0 Å². The standard InChI is InChI=1S/C32H33N9O2/c1-3-29(42)39-17-13-25(27(19-39)43-2)36-24-10-7-20-18-21(8-9-22(20)24)41-31(23-6-4-14-34-30(23)33)37-26-11-12-28(38-32(26)41)40-16-5-15-35-40/h3-6,8-9,11-12,14-16,18,24-25,27,36H,1,7,10,13,17,19H2,2H3,(H2,33,34)/t24-,25?,27?/m0/s1. The molecule has 0 radical (unpaired) electrons. The van der Waals surface area contributed by atoms with Crippen molar-refractivity contribution in [1.29, 1.82) is 0 Å². The molecule has 1 saturated heterocycles. The van der Waals surface area contributed by atoms with Gasteiger partial charge in [0.05, 0.1) is 11.7 Å². The van der Waals surface area contributed by atoms with E-state index in [-0.39, 0.29) is 24.1 Å². The van der Waals surface area contributed by atoms with Gasteiger partial charge < -0.3 is 20.7 Å². The lowest BCUT2D eigenvalue weighted by molar-refractivity contribution is -0.130. The molecule has 43 heavy (non-hydrogen) atoms. The number of nitrogens with zero attached hydrogens (tertiary/aromatic N) is 7. The zero-order chi connectivity index (χ0) is 29.5. The number of methoxy groups -OCH3 is 1. The van der Waals surface area contributed by atoms with E-state index in [9.17, 15) is 4.79 Å². The molecular weight excluding hydrogens is 542 g/mol. The van der Waals surface area contributed by atoms with Crippen molar-refractivity contribution in [3.05, 3.63) is 90.9 Å². The number of carbonyl (C=O) groups is 1. The number of fused-ring (bicyclic) bond motifs is 2. The maximum Gasteiger partial charge on any atom is 0.246 e. The van der Waals surface area contributed by atoms with Crippen LogP contribution < -0.4 is 11.1 Å². The molecule has 2 aliphatic rings. The van der Waals surface area contributed by atoms with Crippen molar-refractivity contribution in [2.24, 2.45) is 0 Å². The van der Waals surface area contributed by atoms with Crippen LogP contribution in [0.1, 0.15) is 30.0 Å². The lowest BCUT2D eigenvalue weighted by atomic mass is 9.98. The van der Waals surface area contributed by atoms with Crippen molar-refractivity contribution in [3.63, 3.8) is 0 Å². The van der Waals surface area contributed by atoms with Crippen LogP contribution in [-0.2, 0) is 16.0 Å². The number of likely N-dealkylation sites (tertiary alicyclic amines) is 1. The topological polar surface area (TPSA) is 129 Å². The first-order valence-electron chi connectivity index (χ1n) is 14.5. The van der Waals surface area contributed by atoms with Gasteiger partial charge in [-0.25, -0.2) is 19.6 Å². The van der Waals surface area contributed by atoms with Gasteiger partial charge in [0.2, 0.25) is 5.91 Å². The van der Waals surface area contributed by atoms with E-state index in [0.717, 1.165) is 36.0 Å². The van der Waals surface area contributed by atoms with E-state index in [1.165, 1.54) is 17.2 Å². The minimum absolute atomic E-state index is 0.0510. The molecule has 1 aromatic carbocycles. The van der Waals surface area contributed by atoms with Crippen LogP contribution in [0.5, 0.6) is 0 Å². The largest absolute Gasteiger partial charge is 0.383 e. The zero-order valence-corrected chi connectivity index (χ0v) is 23.9. The monoisotopic (exact) mass is 575 g/mol. The first kappa shape index (κ1) is 27.0. The Morgan fingerprint density at radius 2 is 2.05 bits per heavy atom. The zero-order valence-electron chi connectivity index (χ0n) is 23.9. The highest BCUT2D eigenvalue weighted by atomic mass is 16.5. The van der Waals surface area contributed by atoms with E-state index in [4.69, 9.17) is 20.4 Å². The average Bonchev–Trinajstić information content (AvgIpc) is 3.80. The van der Waals surface area contributed by atoms with Crippen LogP contribution in [0.15, 0.2) is 79.8 Å². The highest BCUT2D eigenvalue weighted by Gasteiger charge is 2.34. The number of anilines is 1. The summed E-state index contributed by atoms with van der Waals surface area (Å²) in [7, 11) is 1.71. The summed E-state index contributed by atoms with van der Waals surface area (Å²) in [6.45, 7) is 4.87. The van der Waals surface area contributed by atoms with Gasteiger partial charge in [-0.2, -0.15) is 5.10 Å². The van der Waals surface area contributed by atoms with Crippen LogP contribution in [0.25, 0.3) is 34.1 Å². The number of piperidine rings is 1. The number of amides is 1. The van der Waals surface area contributed by atoms with Gasteiger partial charge in [0.1, 0.15) is 11.3 Å². The molecule has 0 spiro atoms. The number of imidazole rings is 1. The van der Waals surface area contributed by atoms with Gasteiger partial charge in [0.25, 0.3) is 0 Å². The molecule has 11 nitrogen and oxygen atoms in total. The van der Waals surface area contributed by atoms with Crippen LogP contribution >= 0.6 is 0 Å². The minimum atomic E-state index is -0.0826. The van der Waals surface area contributed by atoms with Gasteiger partial charge in [0.15, 0.2) is 17.3 Å². The second-order valence-electron chi connectivity index (χ2n) is 11.0. The number of nitrogens with two attached hydrogens (primary N) is 1. The Labute approximate surface area is 249 Å². The van der Waals surface area contributed by atoms with Crippen molar-refractivity contribution < 1.29 is 9.53 Å². The second-order valence-corrected chi connectivity index (χ2v) is 11.0.